The molecule has 0 spiro atoms. The zero-order valence-corrected chi connectivity index (χ0v) is 12.5. The van der Waals surface area contributed by atoms with E-state index >= 15 is 0 Å². The van der Waals surface area contributed by atoms with E-state index in [0.717, 1.165) is 11.3 Å². The van der Waals surface area contributed by atoms with E-state index in [1.165, 1.54) is 0 Å². The lowest BCUT2D eigenvalue weighted by Crippen LogP contribution is -2.48. The van der Waals surface area contributed by atoms with Crippen LogP contribution in [0.3, 0.4) is 0 Å². The van der Waals surface area contributed by atoms with Crippen molar-refractivity contribution in [2.45, 2.75) is 19.4 Å². The SMILES string of the molecule is CCNC(=O)C1Cc2ccccc2N1C(=O)c1ccccc1. The molecule has 2 amide bonds. The molecule has 1 aliphatic heterocycles. The van der Waals surface area contributed by atoms with Gasteiger partial charge in [-0.25, -0.2) is 0 Å². The smallest absolute Gasteiger partial charge is 0.259 e. The molecule has 2 aromatic carbocycles. The van der Waals surface area contributed by atoms with Crippen molar-refractivity contribution in [3.05, 3.63) is 65.7 Å². The first-order valence-corrected chi connectivity index (χ1v) is 7.46. The van der Waals surface area contributed by atoms with Gasteiger partial charge in [-0.15, -0.1) is 0 Å². The van der Waals surface area contributed by atoms with Gasteiger partial charge < -0.3 is 5.32 Å². The van der Waals surface area contributed by atoms with Gasteiger partial charge in [0.2, 0.25) is 5.91 Å². The number of anilines is 1. The van der Waals surface area contributed by atoms with Crippen molar-refractivity contribution in [1.82, 2.24) is 5.32 Å². The molecule has 0 saturated heterocycles. The van der Waals surface area contributed by atoms with Crippen LogP contribution in [0.1, 0.15) is 22.8 Å². The van der Waals surface area contributed by atoms with Crippen molar-refractivity contribution in [3.8, 4) is 0 Å². The van der Waals surface area contributed by atoms with Crippen LogP contribution in [-0.2, 0) is 11.2 Å². The molecule has 0 radical (unpaired) electrons. The predicted molar refractivity (Wildman–Crippen MR) is 85.9 cm³/mol. The fourth-order valence-corrected chi connectivity index (χ4v) is 2.86. The second kappa shape index (κ2) is 6.02. The highest BCUT2D eigenvalue weighted by molar-refractivity contribution is 6.11. The molecule has 0 aliphatic carbocycles. The molecule has 0 aromatic heterocycles. The number of carbonyl (C=O) groups is 2. The van der Waals surface area contributed by atoms with Gasteiger partial charge >= 0.3 is 0 Å². The molecule has 1 aliphatic rings. The third-order valence-corrected chi connectivity index (χ3v) is 3.87. The molecule has 0 saturated carbocycles. The summed E-state index contributed by atoms with van der Waals surface area (Å²) < 4.78 is 0. The minimum atomic E-state index is -0.481. The molecule has 4 nitrogen and oxygen atoms in total. The number of benzene rings is 2. The Morgan fingerprint density at radius 3 is 2.50 bits per heavy atom. The summed E-state index contributed by atoms with van der Waals surface area (Å²) in [6, 6.07) is 16.3. The highest BCUT2D eigenvalue weighted by Crippen LogP contribution is 2.33. The third kappa shape index (κ3) is 2.48. The largest absolute Gasteiger partial charge is 0.355 e. The molecule has 1 atom stereocenters. The molecule has 0 fully saturated rings. The minimum absolute atomic E-state index is 0.108. The van der Waals surface area contributed by atoms with Crippen molar-refractivity contribution >= 4 is 17.5 Å². The maximum Gasteiger partial charge on any atom is 0.259 e. The third-order valence-electron chi connectivity index (χ3n) is 3.87. The van der Waals surface area contributed by atoms with E-state index in [1.807, 2.05) is 49.4 Å². The van der Waals surface area contributed by atoms with Gasteiger partial charge in [0.25, 0.3) is 5.91 Å². The number of nitrogens with one attached hydrogen (secondary N) is 1. The number of amides is 2. The van der Waals surface area contributed by atoms with Crippen LogP contribution in [0.4, 0.5) is 5.69 Å². The predicted octanol–water partition coefficient (Wildman–Crippen LogP) is 2.39. The van der Waals surface area contributed by atoms with Crippen LogP contribution in [0.2, 0.25) is 0 Å². The summed E-state index contributed by atoms with van der Waals surface area (Å²) in [5.74, 6) is -0.246. The lowest BCUT2D eigenvalue weighted by Gasteiger charge is -2.24. The van der Waals surface area contributed by atoms with E-state index < -0.39 is 6.04 Å². The molecule has 1 heterocycles. The van der Waals surface area contributed by atoms with E-state index in [9.17, 15) is 9.59 Å². The lowest BCUT2D eigenvalue weighted by molar-refractivity contribution is -0.122. The average molecular weight is 294 g/mol. The van der Waals surface area contributed by atoms with Gasteiger partial charge in [0.05, 0.1) is 0 Å². The molecule has 1 N–H and O–H groups in total. The summed E-state index contributed by atoms with van der Waals surface area (Å²) in [6.07, 6.45) is 0.556. The van der Waals surface area contributed by atoms with Crippen LogP contribution in [0.5, 0.6) is 0 Å². The van der Waals surface area contributed by atoms with Crippen molar-refractivity contribution in [2.75, 3.05) is 11.4 Å². The first kappa shape index (κ1) is 14.3. The highest BCUT2D eigenvalue weighted by Gasteiger charge is 2.38. The van der Waals surface area contributed by atoms with Crippen LogP contribution in [0, 0.1) is 0 Å². The summed E-state index contributed by atoms with van der Waals surface area (Å²) in [6.45, 7) is 2.43. The van der Waals surface area contributed by atoms with E-state index in [0.29, 0.717) is 18.5 Å². The van der Waals surface area contributed by atoms with Gasteiger partial charge in [0.1, 0.15) is 6.04 Å². The Balaban J connectivity index is 2.00. The van der Waals surface area contributed by atoms with Gasteiger partial charge in [-0.2, -0.15) is 0 Å². The normalized spacial score (nSPS) is 16.2. The van der Waals surface area contributed by atoms with Gasteiger partial charge in [0, 0.05) is 24.2 Å². The van der Waals surface area contributed by atoms with E-state index in [1.54, 1.807) is 17.0 Å². The minimum Gasteiger partial charge on any atom is -0.355 e. The van der Waals surface area contributed by atoms with Crippen molar-refractivity contribution in [1.29, 1.82) is 0 Å². The van der Waals surface area contributed by atoms with Crippen LogP contribution in [0.15, 0.2) is 54.6 Å². The maximum absolute atomic E-state index is 12.9. The zero-order valence-electron chi connectivity index (χ0n) is 12.5. The highest BCUT2D eigenvalue weighted by atomic mass is 16.2. The summed E-state index contributed by atoms with van der Waals surface area (Å²) in [4.78, 5) is 26.9. The molecule has 3 rings (SSSR count). The molecule has 1 unspecified atom stereocenters. The maximum atomic E-state index is 12.9. The number of para-hydroxylation sites is 1. The zero-order chi connectivity index (χ0) is 15.5. The van der Waals surface area contributed by atoms with E-state index in [4.69, 9.17) is 0 Å². The number of nitrogens with zero attached hydrogens (tertiary/aromatic N) is 1. The monoisotopic (exact) mass is 294 g/mol. The van der Waals surface area contributed by atoms with Crippen LogP contribution in [0.25, 0.3) is 0 Å². The molecule has 112 valence electrons. The topological polar surface area (TPSA) is 49.4 Å². The van der Waals surface area contributed by atoms with Crippen molar-refractivity contribution in [3.63, 3.8) is 0 Å². The Morgan fingerprint density at radius 2 is 1.77 bits per heavy atom. The number of hydrogen-bond donors (Lipinski definition) is 1. The van der Waals surface area contributed by atoms with Crippen LogP contribution in [-0.4, -0.2) is 24.4 Å². The van der Waals surface area contributed by atoms with E-state index in [2.05, 4.69) is 5.32 Å². The van der Waals surface area contributed by atoms with Gasteiger partial charge in [-0.05, 0) is 30.7 Å². The van der Waals surface area contributed by atoms with Gasteiger partial charge in [0.15, 0.2) is 0 Å². The Bertz CT molecular complexity index is 697. The molecule has 0 bridgehead atoms. The van der Waals surface area contributed by atoms with Crippen LogP contribution < -0.4 is 10.2 Å². The lowest BCUT2D eigenvalue weighted by atomic mass is 10.1. The standard InChI is InChI=1S/C18H18N2O2/c1-2-19-17(21)16-12-14-10-6-7-11-15(14)20(16)18(22)13-8-4-3-5-9-13/h3-11,16H,2,12H2,1H3,(H,19,21). The Kier molecular flexibility index (Phi) is 3.92. The number of fused-ring (bicyclic) bond motifs is 1. The second-order valence-electron chi connectivity index (χ2n) is 5.28. The second-order valence-corrected chi connectivity index (χ2v) is 5.28. The Hall–Kier alpha value is -2.62. The van der Waals surface area contributed by atoms with Crippen molar-refractivity contribution < 1.29 is 9.59 Å². The van der Waals surface area contributed by atoms with Gasteiger partial charge in [-0.3, -0.25) is 14.5 Å². The van der Waals surface area contributed by atoms with E-state index in [-0.39, 0.29) is 11.8 Å². The molecular formula is C18H18N2O2. The number of carbonyl (C=O) groups excluding carboxylic acids is 2. The summed E-state index contributed by atoms with van der Waals surface area (Å²) in [5, 5.41) is 2.83. The number of likely N-dealkylation sites (N-methyl/N-ethyl adjacent to an activating group) is 1. The molecule has 22 heavy (non-hydrogen) atoms. The number of hydrogen-bond acceptors (Lipinski definition) is 2. The quantitative estimate of drug-likeness (QED) is 0.945. The first-order chi connectivity index (χ1) is 10.7. The van der Waals surface area contributed by atoms with Crippen LogP contribution >= 0.6 is 0 Å². The Labute approximate surface area is 129 Å². The fourth-order valence-electron chi connectivity index (χ4n) is 2.86. The fraction of sp³-hybridized carbons (Fsp3) is 0.222. The number of rotatable bonds is 3. The van der Waals surface area contributed by atoms with Gasteiger partial charge in [-0.1, -0.05) is 36.4 Å². The summed E-state index contributed by atoms with van der Waals surface area (Å²) in [5.41, 5.74) is 2.45. The van der Waals surface area contributed by atoms with Crippen molar-refractivity contribution in [2.24, 2.45) is 0 Å². The molecule has 4 heteroatoms. The summed E-state index contributed by atoms with van der Waals surface area (Å²) >= 11 is 0. The average Bonchev–Trinajstić information content (AvgIpc) is 2.95. The Morgan fingerprint density at radius 1 is 1.09 bits per heavy atom. The molecule has 2 aromatic rings. The first-order valence-electron chi connectivity index (χ1n) is 7.46. The summed E-state index contributed by atoms with van der Waals surface area (Å²) in [7, 11) is 0. The molecular weight excluding hydrogens is 276 g/mol.